The molecule has 0 unspecified atom stereocenters. The first kappa shape index (κ1) is 16.7. The average molecular weight is 308 g/mol. The molecule has 1 fully saturated rings. The molecule has 2 rings (SSSR count). The zero-order valence-corrected chi connectivity index (χ0v) is 13.2. The number of rotatable bonds is 7. The van der Waals surface area contributed by atoms with Gasteiger partial charge in [0.15, 0.2) is 11.6 Å². The lowest BCUT2D eigenvalue weighted by molar-refractivity contribution is -0.134. The van der Waals surface area contributed by atoms with E-state index in [9.17, 15) is 9.18 Å². The molecule has 0 spiro atoms. The molecule has 0 radical (unpaired) electrons. The Labute approximate surface area is 131 Å². The Bertz CT molecular complexity index is 475. The van der Waals surface area contributed by atoms with Gasteiger partial charge in [0.25, 0.3) is 0 Å². The fourth-order valence-corrected chi connectivity index (χ4v) is 2.82. The maximum atomic E-state index is 13.5. The number of para-hydroxylation sites is 1. The summed E-state index contributed by atoms with van der Waals surface area (Å²) in [5.41, 5.74) is 0. The molecule has 0 saturated carbocycles. The summed E-state index contributed by atoms with van der Waals surface area (Å²) in [7, 11) is 0. The standard InChI is InChI=1S/C17H25FN2O2/c1-2-12-20(14-7-10-19-11-8-14)17(21)9-13-22-16-6-4-3-5-15(16)18/h3-6,14,19H,2,7-13H2,1H3. The van der Waals surface area contributed by atoms with E-state index < -0.39 is 5.82 Å². The van der Waals surface area contributed by atoms with Crippen LogP contribution in [0.2, 0.25) is 0 Å². The Morgan fingerprint density at radius 3 is 2.77 bits per heavy atom. The Balaban J connectivity index is 1.84. The van der Waals surface area contributed by atoms with Crippen LogP contribution in [-0.4, -0.2) is 43.1 Å². The van der Waals surface area contributed by atoms with E-state index in [4.69, 9.17) is 4.74 Å². The third-order valence-corrected chi connectivity index (χ3v) is 3.94. The molecule has 0 aliphatic carbocycles. The number of nitrogens with one attached hydrogen (secondary N) is 1. The Kier molecular flexibility index (Phi) is 6.65. The van der Waals surface area contributed by atoms with E-state index >= 15 is 0 Å². The van der Waals surface area contributed by atoms with Crippen LogP contribution in [0.5, 0.6) is 5.75 Å². The van der Waals surface area contributed by atoms with E-state index in [-0.39, 0.29) is 24.7 Å². The summed E-state index contributed by atoms with van der Waals surface area (Å²) >= 11 is 0. The van der Waals surface area contributed by atoms with Crippen molar-refractivity contribution in [2.45, 2.75) is 38.6 Å². The number of carbonyl (C=O) groups is 1. The first-order valence-electron chi connectivity index (χ1n) is 8.10. The zero-order valence-electron chi connectivity index (χ0n) is 13.2. The number of piperidine rings is 1. The Hall–Kier alpha value is -1.62. The van der Waals surface area contributed by atoms with E-state index in [0.29, 0.717) is 6.04 Å². The molecule has 0 atom stereocenters. The maximum absolute atomic E-state index is 13.5. The van der Waals surface area contributed by atoms with Crippen LogP contribution in [0.15, 0.2) is 24.3 Å². The summed E-state index contributed by atoms with van der Waals surface area (Å²) in [5.74, 6) is -0.0805. The highest BCUT2D eigenvalue weighted by Crippen LogP contribution is 2.17. The van der Waals surface area contributed by atoms with Crippen molar-refractivity contribution in [3.8, 4) is 5.75 Å². The monoisotopic (exact) mass is 308 g/mol. The summed E-state index contributed by atoms with van der Waals surface area (Å²) in [4.78, 5) is 14.4. The molecule has 0 aromatic heterocycles. The van der Waals surface area contributed by atoms with Crippen molar-refractivity contribution in [3.63, 3.8) is 0 Å². The van der Waals surface area contributed by atoms with Crippen molar-refractivity contribution >= 4 is 5.91 Å². The van der Waals surface area contributed by atoms with Crippen molar-refractivity contribution in [1.82, 2.24) is 10.2 Å². The predicted molar refractivity (Wildman–Crippen MR) is 84.4 cm³/mol. The molecule has 0 bridgehead atoms. The average Bonchev–Trinajstić information content (AvgIpc) is 2.55. The van der Waals surface area contributed by atoms with Crippen LogP contribution >= 0.6 is 0 Å². The molecule has 1 N–H and O–H groups in total. The van der Waals surface area contributed by atoms with Crippen molar-refractivity contribution in [2.75, 3.05) is 26.2 Å². The van der Waals surface area contributed by atoms with Crippen LogP contribution in [0, 0.1) is 5.82 Å². The summed E-state index contributed by atoms with van der Waals surface area (Å²) in [6, 6.07) is 6.60. The number of ether oxygens (including phenoxy) is 1. The third-order valence-electron chi connectivity index (χ3n) is 3.94. The summed E-state index contributed by atoms with van der Waals surface area (Å²) in [5, 5.41) is 3.32. The SMILES string of the molecule is CCCN(C(=O)CCOc1ccccc1F)C1CCNCC1. The minimum Gasteiger partial charge on any atom is -0.490 e. The molecular weight excluding hydrogens is 283 g/mol. The molecular formula is C17H25FN2O2. The van der Waals surface area contributed by atoms with E-state index in [1.54, 1.807) is 18.2 Å². The predicted octanol–water partition coefficient (Wildman–Crippen LogP) is 2.59. The van der Waals surface area contributed by atoms with Gasteiger partial charge >= 0.3 is 0 Å². The molecule has 1 amide bonds. The van der Waals surface area contributed by atoms with Crippen molar-refractivity contribution < 1.29 is 13.9 Å². The van der Waals surface area contributed by atoms with E-state index in [0.717, 1.165) is 38.9 Å². The lowest BCUT2D eigenvalue weighted by atomic mass is 10.0. The Morgan fingerprint density at radius 2 is 2.09 bits per heavy atom. The number of carbonyl (C=O) groups excluding carboxylic acids is 1. The quantitative estimate of drug-likeness (QED) is 0.842. The molecule has 1 aliphatic rings. The first-order chi connectivity index (χ1) is 10.7. The fourth-order valence-electron chi connectivity index (χ4n) is 2.82. The minimum atomic E-state index is -0.390. The van der Waals surface area contributed by atoms with Gasteiger partial charge in [-0.2, -0.15) is 0 Å². The number of benzene rings is 1. The lowest BCUT2D eigenvalue weighted by Gasteiger charge is -2.34. The number of hydrogen-bond donors (Lipinski definition) is 1. The van der Waals surface area contributed by atoms with Crippen molar-refractivity contribution in [1.29, 1.82) is 0 Å². The second-order valence-corrected chi connectivity index (χ2v) is 5.60. The van der Waals surface area contributed by atoms with Gasteiger partial charge in [-0.25, -0.2) is 4.39 Å². The van der Waals surface area contributed by atoms with Crippen molar-refractivity contribution in [3.05, 3.63) is 30.1 Å². The second kappa shape index (κ2) is 8.73. The van der Waals surface area contributed by atoms with E-state index in [2.05, 4.69) is 12.2 Å². The molecule has 4 nitrogen and oxygen atoms in total. The van der Waals surface area contributed by atoms with Crippen LogP contribution in [-0.2, 0) is 4.79 Å². The van der Waals surface area contributed by atoms with Gasteiger partial charge < -0.3 is 15.0 Å². The molecule has 22 heavy (non-hydrogen) atoms. The van der Waals surface area contributed by atoms with E-state index in [1.807, 2.05) is 4.90 Å². The van der Waals surface area contributed by atoms with Gasteiger partial charge in [-0.3, -0.25) is 4.79 Å². The highest BCUT2D eigenvalue weighted by Gasteiger charge is 2.24. The highest BCUT2D eigenvalue weighted by molar-refractivity contribution is 5.76. The molecule has 122 valence electrons. The summed E-state index contributed by atoms with van der Waals surface area (Å²) in [6.07, 6.45) is 3.24. The first-order valence-corrected chi connectivity index (χ1v) is 8.10. The molecule has 1 aromatic rings. The van der Waals surface area contributed by atoms with Crippen molar-refractivity contribution in [2.24, 2.45) is 0 Å². The van der Waals surface area contributed by atoms with Crippen LogP contribution in [0.3, 0.4) is 0 Å². The van der Waals surface area contributed by atoms with Crippen LogP contribution < -0.4 is 10.1 Å². The second-order valence-electron chi connectivity index (χ2n) is 5.60. The summed E-state index contributed by atoms with van der Waals surface area (Å²) in [6.45, 7) is 5.00. The topological polar surface area (TPSA) is 41.6 Å². The van der Waals surface area contributed by atoms with Crippen LogP contribution in [0.1, 0.15) is 32.6 Å². The summed E-state index contributed by atoms with van der Waals surface area (Å²) < 4.78 is 18.8. The number of nitrogens with zero attached hydrogens (tertiary/aromatic N) is 1. The number of amides is 1. The molecule has 1 aliphatic heterocycles. The van der Waals surface area contributed by atoms with Gasteiger partial charge in [0.05, 0.1) is 13.0 Å². The van der Waals surface area contributed by atoms with Gasteiger partial charge in [0.2, 0.25) is 5.91 Å². The number of hydrogen-bond acceptors (Lipinski definition) is 3. The number of halogens is 1. The normalized spacial score (nSPS) is 15.5. The third kappa shape index (κ3) is 4.70. The lowest BCUT2D eigenvalue weighted by Crippen LogP contribution is -2.46. The van der Waals surface area contributed by atoms with E-state index in [1.165, 1.54) is 6.07 Å². The van der Waals surface area contributed by atoms with Crippen LogP contribution in [0.4, 0.5) is 4.39 Å². The van der Waals surface area contributed by atoms with Gasteiger partial charge in [-0.1, -0.05) is 19.1 Å². The smallest absolute Gasteiger partial charge is 0.226 e. The van der Waals surface area contributed by atoms with Crippen LogP contribution in [0.25, 0.3) is 0 Å². The van der Waals surface area contributed by atoms with Gasteiger partial charge in [-0.05, 0) is 44.5 Å². The van der Waals surface area contributed by atoms with Gasteiger partial charge in [-0.15, -0.1) is 0 Å². The molecule has 5 heteroatoms. The maximum Gasteiger partial charge on any atom is 0.226 e. The Morgan fingerprint density at radius 1 is 1.36 bits per heavy atom. The largest absolute Gasteiger partial charge is 0.490 e. The highest BCUT2D eigenvalue weighted by atomic mass is 19.1. The molecule has 1 heterocycles. The minimum absolute atomic E-state index is 0.102. The van der Waals surface area contributed by atoms with Gasteiger partial charge in [0.1, 0.15) is 0 Å². The fraction of sp³-hybridized carbons (Fsp3) is 0.588. The zero-order chi connectivity index (χ0) is 15.8. The van der Waals surface area contributed by atoms with Gasteiger partial charge in [0, 0.05) is 12.6 Å². The molecule has 1 aromatic carbocycles. The molecule has 1 saturated heterocycles.